The highest BCUT2D eigenvalue weighted by molar-refractivity contribution is 5.59. The molecule has 2 aromatic rings. The molecule has 0 bridgehead atoms. The van der Waals surface area contributed by atoms with Gasteiger partial charge in [0.05, 0.1) is 5.69 Å². The van der Waals surface area contributed by atoms with E-state index in [-0.39, 0.29) is 5.82 Å². The summed E-state index contributed by atoms with van der Waals surface area (Å²) < 4.78 is 16.1. The van der Waals surface area contributed by atoms with Gasteiger partial charge in [0.1, 0.15) is 5.82 Å². The molecule has 0 saturated heterocycles. The summed E-state index contributed by atoms with van der Waals surface area (Å²) in [5, 5.41) is 3.16. The van der Waals surface area contributed by atoms with Crippen molar-refractivity contribution >= 4 is 11.6 Å². The van der Waals surface area contributed by atoms with Crippen molar-refractivity contribution in [2.75, 3.05) is 5.32 Å². The lowest BCUT2D eigenvalue weighted by atomic mass is 9.95. The van der Waals surface area contributed by atoms with Crippen LogP contribution >= 0.6 is 0 Å². The first-order chi connectivity index (χ1) is 9.75. The summed E-state index contributed by atoms with van der Waals surface area (Å²) in [7, 11) is 0. The van der Waals surface area contributed by atoms with E-state index in [0.29, 0.717) is 11.7 Å². The standard InChI is InChI=1S/C16H20FN3/c1-12-6-5-9-14(17)15(12)19-16-18-10-11-20(16)13-7-3-2-4-8-13/h5-6,9-11,13H,2-4,7-8H2,1H3,(H,18,19). The van der Waals surface area contributed by atoms with E-state index in [1.807, 2.05) is 19.2 Å². The molecule has 1 heterocycles. The third kappa shape index (κ3) is 2.55. The first-order valence-electron chi connectivity index (χ1n) is 7.30. The van der Waals surface area contributed by atoms with Gasteiger partial charge >= 0.3 is 0 Å². The molecule has 20 heavy (non-hydrogen) atoms. The van der Waals surface area contributed by atoms with Gasteiger partial charge in [0.15, 0.2) is 0 Å². The van der Waals surface area contributed by atoms with Crippen molar-refractivity contribution in [2.45, 2.75) is 45.1 Å². The second kappa shape index (κ2) is 5.65. The van der Waals surface area contributed by atoms with Gasteiger partial charge in [-0.3, -0.25) is 0 Å². The minimum atomic E-state index is -0.233. The van der Waals surface area contributed by atoms with Crippen LogP contribution in [0, 0.1) is 12.7 Å². The molecule has 1 N–H and O–H groups in total. The molecule has 0 amide bonds. The molecule has 4 heteroatoms. The normalized spacial score (nSPS) is 16.3. The summed E-state index contributed by atoms with van der Waals surface area (Å²) in [6, 6.07) is 5.59. The Balaban J connectivity index is 1.86. The van der Waals surface area contributed by atoms with E-state index in [0.717, 1.165) is 11.5 Å². The van der Waals surface area contributed by atoms with E-state index in [1.54, 1.807) is 12.3 Å². The van der Waals surface area contributed by atoms with Crippen LogP contribution in [0.2, 0.25) is 0 Å². The Labute approximate surface area is 118 Å². The molecule has 0 spiro atoms. The van der Waals surface area contributed by atoms with Crippen LogP contribution in [-0.2, 0) is 0 Å². The van der Waals surface area contributed by atoms with Gasteiger partial charge in [0.25, 0.3) is 0 Å². The SMILES string of the molecule is Cc1cccc(F)c1Nc1nccn1C1CCCCC1. The molecule has 0 aliphatic heterocycles. The Kier molecular flexibility index (Phi) is 3.72. The average Bonchev–Trinajstić information content (AvgIpc) is 2.92. The van der Waals surface area contributed by atoms with Gasteiger partial charge in [-0.1, -0.05) is 31.4 Å². The van der Waals surface area contributed by atoms with E-state index in [4.69, 9.17) is 0 Å². The molecular weight excluding hydrogens is 253 g/mol. The highest BCUT2D eigenvalue weighted by Crippen LogP contribution is 2.31. The number of para-hydroxylation sites is 1. The molecule has 0 atom stereocenters. The first kappa shape index (κ1) is 13.2. The van der Waals surface area contributed by atoms with Crippen molar-refractivity contribution in [3.05, 3.63) is 42.0 Å². The van der Waals surface area contributed by atoms with E-state index >= 15 is 0 Å². The zero-order valence-corrected chi connectivity index (χ0v) is 11.8. The highest BCUT2D eigenvalue weighted by Gasteiger charge is 2.18. The maximum Gasteiger partial charge on any atom is 0.207 e. The molecule has 1 aliphatic carbocycles. The zero-order chi connectivity index (χ0) is 13.9. The van der Waals surface area contributed by atoms with E-state index in [2.05, 4.69) is 14.9 Å². The number of aryl methyl sites for hydroxylation is 1. The van der Waals surface area contributed by atoms with Crippen molar-refractivity contribution < 1.29 is 4.39 Å². The van der Waals surface area contributed by atoms with Crippen LogP contribution in [0.1, 0.15) is 43.7 Å². The van der Waals surface area contributed by atoms with Crippen LogP contribution in [-0.4, -0.2) is 9.55 Å². The van der Waals surface area contributed by atoms with Gasteiger partial charge in [-0.25, -0.2) is 9.37 Å². The van der Waals surface area contributed by atoms with Crippen LogP contribution in [0.15, 0.2) is 30.6 Å². The fraction of sp³-hybridized carbons (Fsp3) is 0.438. The van der Waals surface area contributed by atoms with Gasteiger partial charge in [0.2, 0.25) is 5.95 Å². The van der Waals surface area contributed by atoms with Crippen molar-refractivity contribution in [3.63, 3.8) is 0 Å². The van der Waals surface area contributed by atoms with Crippen LogP contribution < -0.4 is 5.32 Å². The maximum atomic E-state index is 13.9. The number of rotatable bonds is 3. The van der Waals surface area contributed by atoms with Crippen LogP contribution in [0.4, 0.5) is 16.0 Å². The molecule has 3 rings (SSSR count). The van der Waals surface area contributed by atoms with Gasteiger partial charge in [0, 0.05) is 18.4 Å². The summed E-state index contributed by atoms with van der Waals surface area (Å²) in [5.74, 6) is 0.508. The van der Waals surface area contributed by atoms with Gasteiger partial charge < -0.3 is 9.88 Å². The summed E-state index contributed by atoms with van der Waals surface area (Å²) in [6.45, 7) is 1.90. The van der Waals surface area contributed by atoms with Crippen molar-refractivity contribution in [2.24, 2.45) is 0 Å². The second-order valence-electron chi connectivity index (χ2n) is 5.51. The van der Waals surface area contributed by atoms with Crippen molar-refractivity contribution in [1.82, 2.24) is 9.55 Å². The van der Waals surface area contributed by atoms with E-state index in [9.17, 15) is 4.39 Å². The quantitative estimate of drug-likeness (QED) is 0.887. The number of aromatic nitrogens is 2. The highest BCUT2D eigenvalue weighted by atomic mass is 19.1. The number of anilines is 2. The molecule has 1 saturated carbocycles. The van der Waals surface area contributed by atoms with Crippen LogP contribution in [0.5, 0.6) is 0 Å². The molecule has 1 aromatic heterocycles. The zero-order valence-electron chi connectivity index (χ0n) is 11.8. The third-order valence-corrected chi connectivity index (χ3v) is 4.10. The lowest BCUT2D eigenvalue weighted by Crippen LogP contribution is -2.14. The minimum absolute atomic E-state index is 0.233. The number of hydrogen-bond acceptors (Lipinski definition) is 2. The summed E-state index contributed by atoms with van der Waals surface area (Å²) in [5.41, 5.74) is 1.42. The minimum Gasteiger partial charge on any atom is -0.323 e. The summed E-state index contributed by atoms with van der Waals surface area (Å²) in [6.07, 6.45) is 9.99. The second-order valence-corrected chi connectivity index (χ2v) is 5.51. The first-order valence-corrected chi connectivity index (χ1v) is 7.30. The van der Waals surface area contributed by atoms with E-state index in [1.165, 1.54) is 38.2 Å². The molecule has 3 nitrogen and oxygen atoms in total. The average molecular weight is 273 g/mol. The Morgan fingerprint density at radius 1 is 1.25 bits per heavy atom. The van der Waals surface area contributed by atoms with Gasteiger partial charge in [-0.15, -0.1) is 0 Å². The molecule has 0 unspecified atom stereocenters. The number of nitrogens with one attached hydrogen (secondary N) is 1. The predicted octanol–water partition coefficient (Wildman–Crippen LogP) is 4.58. The Hall–Kier alpha value is -1.84. The number of imidazole rings is 1. The molecule has 1 fully saturated rings. The lowest BCUT2D eigenvalue weighted by molar-refractivity contribution is 0.356. The Morgan fingerprint density at radius 2 is 2.05 bits per heavy atom. The predicted molar refractivity (Wildman–Crippen MR) is 78.8 cm³/mol. The largest absolute Gasteiger partial charge is 0.323 e. The Bertz CT molecular complexity index is 565. The number of halogens is 1. The monoisotopic (exact) mass is 273 g/mol. The molecule has 1 aliphatic rings. The van der Waals surface area contributed by atoms with Gasteiger partial charge in [-0.05, 0) is 31.4 Å². The van der Waals surface area contributed by atoms with Crippen molar-refractivity contribution in [1.29, 1.82) is 0 Å². The molecular formula is C16H20FN3. The number of benzene rings is 1. The maximum absolute atomic E-state index is 13.9. The van der Waals surface area contributed by atoms with Crippen LogP contribution in [0.3, 0.4) is 0 Å². The van der Waals surface area contributed by atoms with Gasteiger partial charge in [-0.2, -0.15) is 0 Å². The summed E-state index contributed by atoms with van der Waals surface area (Å²) in [4.78, 5) is 4.35. The molecule has 0 radical (unpaired) electrons. The fourth-order valence-electron chi connectivity index (χ4n) is 2.97. The fourth-order valence-corrected chi connectivity index (χ4v) is 2.97. The molecule has 1 aromatic carbocycles. The third-order valence-electron chi connectivity index (χ3n) is 4.10. The Morgan fingerprint density at radius 3 is 2.80 bits per heavy atom. The van der Waals surface area contributed by atoms with E-state index < -0.39 is 0 Å². The molecule has 106 valence electrons. The number of nitrogens with zero attached hydrogens (tertiary/aromatic N) is 2. The summed E-state index contributed by atoms with van der Waals surface area (Å²) >= 11 is 0. The van der Waals surface area contributed by atoms with Crippen LogP contribution in [0.25, 0.3) is 0 Å². The number of hydrogen-bond donors (Lipinski definition) is 1. The smallest absolute Gasteiger partial charge is 0.207 e. The lowest BCUT2D eigenvalue weighted by Gasteiger charge is -2.25. The van der Waals surface area contributed by atoms with Crippen molar-refractivity contribution in [3.8, 4) is 0 Å². The topological polar surface area (TPSA) is 29.9 Å².